The fourth-order valence-electron chi connectivity index (χ4n) is 7.11. The van der Waals surface area contributed by atoms with Gasteiger partial charge in [-0.15, -0.1) is 0 Å². The normalized spacial score (nSPS) is 12.6. The van der Waals surface area contributed by atoms with Crippen LogP contribution in [0.4, 0.5) is 8.78 Å². The van der Waals surface area contributed by atoms with Crippen LogP contribution < -0.4 is 15.9 Å². The van der Waals surface area contributed by atoms with E-state index in [4.69, 9.17) is 0 Å². The lowest BCUT2D eigenvalue weighted by Gasteiger charge is -2.25. The van der Waals surface area contributed by atoms with Gasteiger partial charge in [0.25, 0.3) is 0 Å². The molecule has 0 saturated heterocycles. The predicted octanol–water partition coefficient (Wildman–Crippen LogP) is 9.40. The number of halogens is 2. The summed E-state index contributed by atoms with van der Waals surface area (Å²) in [5.41, 5.74) is 0. The fraction of sp³-hybridized carbons (Fsp3) is 0. The Labute approximate surface area is 239 Å². The van der Waals surface area contributed by atoms with E-state index >= 15 is 8.96 Å². The molecule has 0 N–H and O–H groups in total. The molecule has 0 aromatic heterocycles. The fourth-order valence-corrected chi connectivity index (χ4v) is 10.2. The van der Waals surface area contributed by atoms with Crippen molar-refractivity contribution in [1.29, 1.82) is 0 Å². The maximum atomic E-state index is 16.1. The number of hydrogen-bond acceptors (Lipinski definition) is 1. The van der Waals surface area contributed by atoms with Crippen molar-refractivity contribution in [2.45, 2.75) is 0 Å². The second kappa shape index (κ2) is 8.35. The Hall–Kier alpha value is -4.85. The van der Waals surface area contributed by atoms with Gasteiger partial charge in [-0.25, -0.2) is 8.78 Å². The van der Waals surface area contributed by atoms with Crippen LogP contribution in [0.5, 0.6) is 0 Å². The van der Waals surface area contributed by atoms with Crippen molar-refractivity contribution < 1.29 is 13.3 Å². The van der Waals surface area contributed by atoms with Crippen molar-refractivity contribution in [3.05, 3.63) is 139 Å². The van der Waals surface area contributed by atoms with E-state index in [0.29, 0.717) is 10.6 Å². The van der Waals surface area contributed by atoms with Gasteiger partial charge in [-0.3, -0.25) is 0 Å². The molecule has 9 rings (SSSR count). The molecule has 0 bridgehead atoms. The lowest BCUT2D eigenvalue weighted by Crippen LogP contribution is -2.28. The van der Waals surface area contributed by atoms with Crippen LogP contribution >= 0.6 is 7.14 Å². The molecule has 0 aliphatic heterocycles. The van der Waals surface area contributed by atoms with Gasteiger partial charge in [0, 0.05) is 10.6 Å². The number of rotatable bonds is 3. The number of hydrogen-bond donors (Lipinski definition) is 0. The van der Waals surface area contributed by atoms with Crippen molar-refractivity contribution in [1.82, 2.24) is 0 Å². The van der Waals surface area contributed by atoms with Crippen LogP contribution in [-0.4, -0.2) is 0 Å². The molecule has 0 spiro atoms. The lowest BCUT2D eigenvalue weighted by molar-refractivity contribution is 0.585. The highest BCUT2D eigenvalue weighted by Gasteiger charge is 2.36. The molecule has 0 radical (unpaired) electrons. The van der Waals surface area contributed by atoms with Crippen LogP contribution in [0, 0.1) is 11.6 Å². The van der Waals surface area contributed by atoms with E-state index in [1.165, 1.54) is 0 Å². The van der Waals surface area contributed by atoms with E-state index in [2.05, 4.69) is 48.5 Å². The predicted molar refractivity (Wildman–Crippen MR) is 173 cm³/mol. The smallest absolute Gasteiger partial charge is 0.175 e. The van der Waals surface area contributed by atoms with Crippen molar-refractivity contribution >= 4 is 87.7 Å². The summed E-state index contributed by atoms with van der Waals surface area (Å²) >= 11 is 0. The van der Waals surface area contributed by atoms with Crippen molar-refractivity contribution in [2.75, 3.05) is 0 Å². The molecule has 0 saturated carbocycles. The SMILES string of the molecule is O=P(c1cc(F)ccc1F)(c1ccc2ccc3cccc4ccc1c2c34)c1ccc2ccc3cccc4ccc1c2c34. The highest BCUT2D eigenvalue weighted by atomic mass is 31.2. The van der Waals surface area contributed by atoms with E-state index in [1.54, 1.807) is 0 Å². The molecule has 9 aromatic carbocycles. The molecular formula is C38H21F2OP. The molecular weight excluding hydrogens is 541 g/mol. The molecule has 0 atom stereocenters. The minimum absolute atomic E-state index is 0.118. The first-order valence-electron chi connectivity index (χ1n) is 13.9. The monoisotopic (exact) mass is 562 g/mol. The average molecular weight is 563 g/mol. The third-order valence-electron chi connectivity index (χ3n) is 8.94. The van der Waals surface area contributed by atoms with Crippen LogP contribution in [0.1, 0.15) is 0 Å². The topological polar surface area (TPSA) is 17.1 Å². The van der Waals surface area contributed by atoms with E-state index < -0.39 is 18.8 Å². The highest BCUT2D eigenvalue weighted by molar-refractivity contribution is 7.86. The van der Waals surface area contributed by atoms with Crippen molar-refractivity contribution in [3.8, 4) is 0 Å². The van der Waals surface area contributed by atoms with E-state index in [0.717, 1.165) is 82.8 Å². The zero-order valence-corrected chi connectivity index (χ0v) is 23.1. The van der Waals surface area contributed by atoms with E-state index in [-0.39, 0.29) is 5.30 Å². The maximum absolute atomic E-state index is 16.1. The summed E-state index contributed by atoms with van der Waals surface area (Å²) in [6.07, 6.45) is 0. The largest absolute Gasteiger partial charge is 0.308 e. The third kappa shape index (κ3) is 3.04. The van der Waals surface area contributed by atoms with Gasteiger partial charge in [-0.05, 0) is 95.0 Å². The molecule has 0 aliphatic carbocycles. The molecule has 0 heterocycles. The summed E-state index contributed by atoms with van der Waals surface area (Å²) in [6.45, 7) is 0. The minimum Gasteiger partial charge on any atom is -0.308 e. The maximum Gasteiger partial charge on any atom is 0.175 e. The summed E-state index contributed by atoms with van der Waals surface area (Å²) in [6, 6.07) is 39.6. The summed E-state index contributed by atoms with van der Waals surface area (Å²) < 4.78 is 46.9. The zero-order chi connectivity index (χ0) is 28.2. The summed E-state index contributed by atoms with van der Waals surface area (Å²) in [7, 11) is -3.97. The lowest BCUT2D eigenvalue weighted by atomic mass is 9.94. The first kappa shape index (κ1) is 23.8. The zero-order valence-electron chi connectivity index (χ0n) is 22.2. The van der Waals surface area contributed by atoms with Gasteiger partial charge in [0.05, 0.1) is 5.30 Å². The van der Waals surface area contributed by atoms with Crippen molar-refractivity contribution in [3.63, 3.8) is 0 Å². The molecule has 9 aromatic rings. The van der Waals surface area contributed by atoms with Crippen LogP contribution in [0.3, 0.4) is 0 Å². The summed E-state index contributed by atoms with van der Waals surface area (Å²) in [4.78, 5) is 0. The van der Waals surface area contributed by atoms with Gasteiger partial charge >= 0.3 is 0 Å². The van der Waals surface area contributed by atoms with Gasteiger partial charge in [0.1, 0.15) is 11.6 Å². The first-order chi connectivity index (χ1) is 20.5. The second-order valence-corrected chi connectivity index (χ2v) is 13.8. The Balaban J connectivity index is 1.49. The van der Waals surface area contributed by atoms with Gasteiger partial charge in [-0.1, -0.05) is 97.1 Å². The molecule has 4 heteroatoms. The summed E-state index contributed by atoms with van der Waals surface area (Å²) in [5, 5.41) is 12.9. The van der Waals surface area contributed by atoms with Crippen molar-refractivity contribution in [2.24, 2.45) is 0 Å². The van der Waals surface area contributed by atoms with Gasteiger partial charge in [0.15, 0.2) is 7.14 Å². The Morgan fingerprint density at radius 2 is 0.810 bits per heavy atom. The summed E-state index contributed by atoms with van der Waals surface area (Å²) in [5.74, 6) is -1.31. The molecule has 1 nitrogen and oxygen atoms in total. The molecule has 0 amide bonds. The average Bonchev–Trinajstić information content (AvgIpc) is 3.03. The van der Waals surface area contributed by atoms with Crippen LogP contribution in [0.15, 0.2) is 127 Å². The quantitative estimate of drug-likeness (QED) is 0.155. The Bertz CT molecular complexity index is 2400. The van der Waals surface area contributed by atoms with Gasteiger partial charge < -0.3 is 4.57 Å². The van der Waals surface area contributed by atoms with Crippen LogP contribution in [0.25, 0.3) is 64.6 Å². The molecule has 0 fully saturated rings. The third-order valence-corrected chi connectivity index (χ3v) is 12.1. The first-order valence-corrected chi connectivity index (χ1v) is 15.6. The Kier molecular flexibility index (Phi) is 4.73. The Morgan fingerprint density at radius 1 is 0.405 bits per heavy atom. The van der Waals surface area contributed by atoms with Gasteiger partial charge in [0.2, 0.25) is 0 Å². The molecule has 198 valence electrons. The van der Waals surface area contributed by atoms with Crippen LogP contribution in [-0.2, 0) is 4.57 Å². The standard InChI is InChI=1S/C38H21F2OP/c39-28-15-18-31(40)34(21-28)42(41,32-19-13-26-9-7-22-3-1-5-24-11-16-29(32)37(26)35(22)24)33-20-14-27-10-8-23-4-2-6-25-12-17-30(33)38(27)36(23)25/h1-21H. The molecule has 42 heavy (non-hydrogen) atoms. The highest BCUT2D eigenvalue weighted by Crippen LogP contribution is 2.50. The molecule has 0 unspecified atom stereocenters. The molecule has 0 aliphatic rings. The van der Waals surface area contributed by atoms with E-state index in [1.807, 2.05) is 60.7 Å². The number of benzene rings is 9. The Morgan fingerprint density at radius 3 is 1.29 bits per heavy atom. The second-order valence-electron chi connectivity index (χ2n) is 11.1. The van der Waals surface area contributed by atoms with E-state index in [9.17, 15) is 4.39 Å². The van der Waals surface area contributed by atoms with Gasteiger partial charge in [-0.2, -0.15) is 0 Å². The van der Waals surface area contributed by atoms with Crippen LogP contribution in [0.2, 0.25) is 0 Å². The minimum atomic E-state index is -3.97.